The van der Waals surface area contributed by atoms with Crippen molar-refractivity contribution in [1.82, 2.24) is 15.0 Å². The molecule has 0 atom stereocenters. The van der Waals surface area contributed by atoms with E-state index in [0.717, 1.165) is 48.8 Å². The molecule has 0 bridgehead atoms. The van der Waals surface area contributed by atoms with Gasteiger partial charge in [0, 0.05) is 31.8 Å². The molecule has 304 valence electrons. The van der Waals surface area contributed by atoms with Crippen LogP contribution in [0.4, 0.5) is 0 Å². The Labute approximate surface area is 344 Å². The quantitative estimate of drug-likeness (QED) is 0.0182. The van der Waals surface area contributed by atoms with Crippen LogP contribution in [-0.4, -0.2) is 72.6 Å². The highest BCUT2D eigenvalue weighted by molar-refractivity contribution is 6.00. The average Bonchev–Trinajstić information content (AvgIpc) is 3.79. The highest BCUT2D eigenvalue weighted by atomic mass is 17.3. The summed E-state index contributed by atoms with van der Waals surface area (Å²) >= 11 is 0. The van der Waals surface area contributed by atoms with Crippen LogP contribution in [0.2, 0.25) is 0 Å². The van der Waals surface area contributed by atoms with Gasteiger partial charge in [-0.1, -0.05) is 134 Å². The predicted molar refractivity (Wildman–Crippen MR) is 221 cm³/mol. The van der Waals surface area contributed by atoms with E-state index >= 15 is 0 Å². The summed E-state index contributed by atoms with van der Waals surface area (Å²) in [7, 11) is 1.63. The molecular weight excluding hydrogens is 747 g/mol. The molecule has 0 unspecified atom stereocenters. The van der Waals surface area contributed by atoms with E-state index in [1.54, 1.807) is 7.11 Å². The number of carbonyl (C=O) groups is 4. The smallest absolute Gasteiger partial charge is 0.346 e. The molecule has 59 heavy (non-hydrogen) atoms. The molecule has 11 heteroatoms. The Morgan fingerprint density at radius 2 is 1.20 bits per heavy atom. The third-order valence-corrected chi connectivity index (χ3v) is 11.2. The second-order valence-electron chi connectivity index (χ2n) is 14.7. The van der Waals surface area contributed by atoms with E-state index in [2.05, 4.69) is 65.6 Å². The summed E-state index contributed by atoms with van der Waals surface area (Å²) in [4.78, 5) is 67.9. The Morgan fingerprint density at radius 3 is 1.76 bits per heavy atom. The number of methoxy groups -OCH3 is 1. The third-order valence-electron chi connectivity index (χ3n) is 11.2. The van der Waals surface area contributed by atoms with Crippen LogP contribution in [0.25, 0.3) is 11.1 Å². The van der Waals surface area contributed by atoms with E-state index in [1.165, 1.54) is 27.3 Å². The van der Waals surface area contributed by atoms with E-state index in [1.807, 2.05) is 72.8 Å². The fourth-order valence-electron chi connectivity index (χ4n) is 8.35. The molecule has 1 fully saturated rings. The molecule has 0 saturated carbocycles. The molecule has 0 spiro atoms. The number of rotatable bonds is 21. The first kappa shape index (κ1) is 41.0. The molecule has 5 aromatic rings. The van der Waals surface area contributed by atoms with Crippen LogP contribution in [0.1, 0.15) is 78.7 Å². The molecule has 7 rings (SSSR count). The van der Waals surface area contributed by atoms with Crippen molar-refractivity contribution in [2.45, 2.75) is 56.4 Å². The van der Waals surface area contributed by atoms with Gasteiger partial charge in [-0.25, -0.2) is 9.86 Å². The molecule has 5 aromatic carbocycles. The van der Waals surface area contributed by atoms with Crippen molar-refractivity contribution in [3.05, 3.63) is 161 Å². The summed E-state index contributed by atoms with van der Waals surface area (Å²) in [6, 6.07) is 45.0. The number of imide groups is 1. The summed E-state index contributed by atoms with van der Waals surface area (Å²) in [6.45, 7) is 1.66. The fourth-order valence-corrected chi connectivity index (χ4v) is 8.35. The summed E-state index contributed by atoms with van der Waals surface area (Å²) in [5.41, 5.74) is 6.95. The molecule has 1 saturated heterocycles. The zero-order chi connectivity index (χ0) is 41.0. The van der Waals surface area contributed by atoms with Crippen LogP contribution >= 0.6 is 0 Å². The predicted octanol–water partition coefficient (Wildman–Crippen LogP) is 7.98. The maximum atomic E-state index is 13.2. The van der Waals surface area contributed by atoms with Crippen LogP contribution in [0.3, 0.4) is 0 Å². The van der Waals surface area contributed by atoms with Crippen molar-refractivity contribution in [2.24, 2.45) is 0 Å². The number of hydrogen-bond acceptors (Lipinski definition) is 9. The van der Waals surface area contributed by atoms with Crippen LogP contribution in [0, 0.1) is 0 Å². The number of carbonyl (C=O) groups excluding carboxylic acids is 4. The van der Waals surface area contributed by atoms with Crippen molar-refractivity contribution in [2.75, 3.05) is 33.4 Å². The number of hydrogen-bond donors (Lipinski definition) is 0. The first-order chi connectivity index (χ1) is 28.9. The Bertz CT molecular complexity index is 2100. The van der Waals surface area contributed by atoms with Gasteiger partial charge in [0.25, 0.3) is 11.8 Å². The molecule has 1 aliphatic heterocycles. The highest BCUT2D eigenvalue weighted by Gasteiger charge is 2.42. The highest BCUT2D eigenvalue weighted by Crippen LogP contribution is 2.45. The van der Waals surface area contributed by atoms with Crippen LogP contribution in [0.15, 0.2) is 133 Å². The number of ether oxygens (including phenoxy) is 1. The minimum Gasteiger partial charge on any atom is -0.497 e. The van der Waals surface area contributed by atoms with Gasteiger partial charge in [0.2, 0.25) is 6.41 Å². The molecular formula is C48H49N3O8. The zero-order valence-electron chi connectivity index (χ0n) is 33.2. The minimum absolute atomic E-state index is 0.00734. The van der Waals surface area contributed by atoms with Crippen LogP contribution < -0.4 is 4.74 Å². The van der Waals surface area contributed by atoms with Crippen LogP contribution in [-0.2, 0) is 39.4 Å². The van der Waals surface area contributed by atoms with E-state index < -0.39 is 23.3 Å². The second-order valence-corrected chi connectivity index (χ2v) is 14.7. The molecule has 2 aliphatic rings. The van der Waals surface area contributed by atoms with E-state index in [-0.39, 0.29) is 31.7 Å². The van der Waals surface area contributed by atoms with Gasteiger partial charge in [0.15, 0.2) is 0 Å². The van der Waals surface area contributed by atoms with Gasteiger partial charge in [0.05, 0.1) is 25.7 Å². The van der Waals surface area contributed by atoms with Gasteiger partial charge < -0.3 is 4.74 Å². The molecule has 0 aromatic heterocycles. The largest absolute Gasteiger partial charge is 0.497 e. The van der Waals surface area contributed by atoms with Gasteiger partial charge >= 0.3 is 5.97 Å². The lowest BCUT2D eigenvalue weighted by Crippen LogP contribution is -2.49. The maximum Gasteiger partial charge on any atom is 0.346 e. The van der Waals surface area contributed by atoms with Gasteiger partial charge in [-0.05, 0) is 75.5 Å². The lowest BCUT2D eigenvalue weighted by molar-refractivity contribution is -0.365. The van der Waals surface area contributed by atoms with Gasteiger partial charge in [-0.3, -0.25) is 29.0 Å². The van der Waals surface area contributed by atoms with Crippen molar-refractivity contribution < 1.29 is 38.6 Å². The molecule has 1 heterocycles. The van der Waals surface area contributed by atoms with Crippen LogP contribution in [0.5, 0.6) is 5.75 Å². The lowest BCUT2D eigenvalue weighted by atomic mass is 9.75. The Hall–Kier alpha value is -6.14. The molecule has 0 radical (unpaired) electrons. The van der Waals surface area contributed by atoms with Gasteiger partial charge in [-0.2, -0.15) is 0 Å². The monoisotopic (exact) mass is 795 g/mol. The minimum atomic E-state index is -0.851. The maximum absolute atomic E-state index is 13.2. The summed E-state index contributed by atoms with van der Waals surface area (Å²) in [5, 5.41) is 1.92. The first-order valence-corrected chi connectivity index (χ1v) is 20.2. The van der Waals surface area contributed by atoms with Crippen molar-refractivity contribution >= 4 is 24.2 Å². The fraction of sp³-hybridized carbons (Fsp3) is 0.292. The number of fused-ring (bicyclic) bond motifs is 3. The molecule has 11 nitrogen and oxygen atoms in total. The third kappa shape index (κ3) is 9.13. The normalized spacial score (nSPS) is 13.7. The first-order valence-electron chi connectivity index (χ1n) is 20.2. The second kappa shape index (κ2) is 19.5. The Balaban J connectivity index is 1.05. The number of unbranched alkanes of at least 4 members (excludes halogenated alkanes) is 3. The van der Waals surface area contributed by atoms with Gasteiger partial charge in [0.1, 0.15) is 5.75 Å². The number of nitrogens with zero attached hydrogens (tertiary/aromatic N) is 3. The van der Waals surface area contributed by atoms with Crippen molar-refractivity contribution in [3.8, 4) is 16.9 Å². The van der Waals surface area contributed by atoms with Crippen molar-refractivity contribution in [3.63, 3.8) is 0 Å². The van der Waals surface area contributed by atoms with E-state index in [9.17, 15) is 19.2 Å². The Kier molecular flexibility index (Phi) is 13.6. The summed E-state index contributed by atoms with van der Waals surface area (Å²) in [5.74, 6) is -1.06. The average molecular weight is 796 g/mol. The summed E-state index contributed by atoms with van der Waals surface area (Å²) in [6.07, 6.45) is 3.90. The lowest BCUT2D eigenvalue weighted by Gasteiger charge is -2.46. The number of hydroxylamine groups is 4. The number of benzene rings is 5. The molecule has 0 N–H and O–H groups in total. The van der Waals surface area contributed by atoms with Gasteiger partial charge in [-0.15, -0.1) is 5.06 Å². The number of amides is 3. The van der Waals surface area contributed by atoms with E-state index in [4.69, 9.17) is 19.5 Å². The standard InChI is InChI=1S/C48H49N3O8/c1-56-39-26-24-38(25-27-39)48(36-16-6-4-7-17-36,37-18-8-5-9-19-37)49(33-30-47(55)58-59-51-45(53)28-29-46(51)54)31-14-2-3-15-32-50(35-52)57-34-44-42-22-12-10-20-40(42)41-21-11-13-23-43(41)44/h4-13,16-27,35,44H,2-3,14-15,28-34H2,1H3. The Morgan fingerprint density at radius 1 is 0.678 bits per heavy atom. The summed E-state index contributed by atoms with van der Waals surface area (Å²) < 4.78 is 5.54. The zero-order valence-corrected chi connectivity index (χ0v) is 33.2. The SMILES string of the molecule is COc1ccc(C(c2ccccc2)(c2ccccc2)N(CCCCCCN(C=O)OCC2c3ccccc3-c3ccccc32)CCC(=O)OON2C(=O)CCC2=O)cc1. The van der Waals surface area contributed by atoms with E-state index in [0.29, 0.717) is 30.5 Å². The van der Waals surface area contributed by atoms with Crippen molar-refractivity contribution in [1.29, 1.82) is 0 Å². The topological polar surface area (TPSA) is 115 Å². The molecule has 3 amide bonds. The molecule has 1 aliphatic carbocycles.